The van der Waals surface area contributed by atoms with E-state index in [1.54, 1.807) is 0 Å². The van der Waals surface area contributed by atoms with Crippen molar-refractivity contribution in [1.82, 2.24) is 21.3 Å². The first-order valence-electron chi connectivity index (χ1n) is 14.7. The molecule has 0 aromatic carbocycles. The lowest BCUT2D eigenvalue weighted by Crippen LogP contribution is -2.54. The highest BCUT2D eigenvalue weighted by Gasteiger charge is 2.54. The van der Waals surface area contributed by atoms with Crippen LogP contribution >= 0.6 is 0 Å². The summed E-state index contributed by atoms with van der Waals surface area (Å²) in [4.78, 5) is 0. The SMILES string of the molecule is CC1(C)C2CCC(CNCCCNCCCNCCCNCC3CCC4C[C@H]3C4(C)C)C1C2. The van der Waals surface area contributed by atoms with Crippen LogP contribution in [0, 0.1) is 46.3 Å². The Morgan fingerprint density at radius 2 is 0.879 bits per heavy atom. The number of fused-ring (bicyclic) bond motifs is 4. The number of nitrogens with one attached hydrogen (secondary N) is 4. The van der Waals surface area contributed by atoms with Crippen molar-refractivity contribution in [3.63, 3.8) is 0 Å². The van der Waals surface area contributed by atoms with Gasteiger partial charge in [0.2, 0.25) is 0 Å². The first kappa shape index (κ1) is 25.9. The third kappa shape index (κ3) is 6.16. The van der Waals surface area contributed by atoms with E-state index in [-0.39, 0.29) is 0 Å². The van der Waals surface area contributed by atoms with Gasteiger partial charge < -0.3 is 21.3 Å². The molecule has 0 spiro atoms. The molecule has 6 fully saturated rings. The van der Waals surface area contributed by atoms with Gasteiger partial charge in [-0.2, -0.15) is 0 Å². The number of hydrogen-bond donors (Lipinski definition) is 4. The van der Waals surface area contributed by atoms with Crippen molar-refractivity contribution < 1.29 is 0 Å². The van der Waals surface area contributed by atoms with E-state index in [0.29, 0.717) is 10.8 Å². The van der Waals surface area contributed by atoms with E-state index in [1.165, 1.54) is 84.0 Å². The molecule has 0 amide bonds. The van der Waals surface area contributed by atoms with Crippen LogP contribution in [0.3, 0.4) is 0 Å². The summed E-state index contributed by atoms with van der Waals surface area (Å²) in [6, 6.07) is 0. The molecule has 0 aliphatic heterocycles. The van der Waals surface area contributed by atoms with Gasteiger partial charge in [0.1, 0.15) is 0 Å². The average molecular weight is 461 g/mol. The Balaban J connectivity index is 0.878. The second-order valence-corrected chi connectivity index (χ2v) is 13.4. The lowest BCUT2D eigenvalue weighted by molar-refractivity contribution is -0.103. The predicted octanol–water partition coefficient (Wildman–Crippen LogP) is 4.66. The maximum atomic E-state index is 3.75. The minimum atomic E-state index is 0.628. The van der Waals surface area contributed by atoms with Gasteiger partial charge in [0, 0.05) is 0 Å². The molecule has 0 aromatic rings. The molecule has 6 aliphatic carbocycles. The molecule has 0 saturated heterocycles. The van der Waals surface area contributed by atoms with Gasteiger partial charge in [-0.15, -0.1) is 0 Å². The molecule has 4 nitrogen and oxygen atoms in total. The lowest BCUT2D eigenvalue weighted by atomic mass is 9.45. The van der Waals surface area contributed by atoms with Crippen molar-refractivity contribution in [1.29, 1.82) is 0 Å². The average Bonchev–Trinajstić information content (AvgIpc) is 2.81. The van der Waals surface area contributed by atoms with Crippen molar-refractivity contribution in [3.8, 4) is 0 Å². The quantitative estimate of drug-likeness (QED) is 0.253. The van der Waals surface area contributed by atoms with Gasteiger partial charge in [-0.05, 0) is 156 Å². The Hall–Kier alpha value is -0.160. The predicted molar refractivity (Wildman–Crippen MR) is 142 cm³/mol. The fourth-order valence-electron chi connectivity index (χ4n) is 8.25. The second kappa shape index (κ2) is 11.7. The maximum Gasteiger partial charge on any atom is -0.00177 e. The Labute approximate surface area is 205 Å². The van der Waals surface area contributed by atoms with E-state index >= 15 is 0 Å². The Kier molecular flexibility index (Phi) is 9.20. The van der Waals surface area contributed by atoms with E-state index in [0.717, 1.165) is 61.7 Å². The van der Waals surface area contributed by atoms with E-state index in [4.69, 9.17) is 0 Å². The minimum absolute atomic E-state index is 0.628. The van der Waals surface area contributed by atoms with Crippen molar-refractivity contribution in [3.05, 3.63) is 0 Å². The van der Waals surface area contributed by atoms with Crippen LogP contribution in [0.15, 0.2) is 0 Å². The van der Waals surface area contributed by atoms with E-state index in [1.807, 2.05) is 0 Å². The Morgan fingerprint density at radius 3 is 1.21 bits per heavy atom. The van der Waals surface area contributed by atoms with Gasteiger partial charge in [0.25, 0.3) is 0 Å². The zero-order valence-electron chi connectivity index (χ0n) is 22.5. The molecule has 5 unspecified atom stereocenters. The molecule has 6 aliphatic rings. The van der Waals surface area contributed by atoms with Gasteiger partial charge in [0.05, 0.1) is 0 Å². The van der Waals surface area contributed by atoms with Crippen LogP contribution in [0.25, 0.3) is 0 Å². The third-order valence-corrected chi connectivity index (χ3v) is 10.9. The van der Waals surface area contributed by atoms with Gasteiger partial charge in [-0.25, -0.2) is 0 Å². The summed E-state index contributed by atoms with van der Waals surface area (Å²) in [5, 5.41) is 14.8. The first-order valence-corrected chi connectivity index (χ1v) is 14.7. The van der Waals surface area contributed by atoms with Crippen LogP contribution in [0.4, 0.5) is 0 Å². The third-order valence-electron chi connectivity index (χ3n) is 10.9. The molecule has 0 aromatic heterocycles. The molecule has 192 valence electrons. The molecular formula is C29H56N4. The lowest BCUT2D eigenvalue weighted by Gasteiger charge is -2.60. The fraction of sp³-hybridized carbons (Fsp3) is 1.00. The van der Waals surface area contributed by atoms with E-state index in [9.17, 15) is 0 Å². The molecule has 4 N–H and O–H groups in total. The summed E-state index contributed by atoms with van der Waals surface area (Å²) < 4.78 is 0. The van der Waals surface area contributed by atoms with Crippen LogP contribution in [0.1, 0.15) is 85.5 Å². The van der Waals surface area contributed by atoms with Gasteiger partial charge in [-0.1, -0.05) is 27.7 Å². The summed E-state index contributed by atoms with van der Waals surface area (Å²) >= 11 is 0. The smallest absolute Gasteiger partial charge is 0.00177 e. The molecule has 0 heterocycles. The number of rotatable bonds is 16. The van der Waals surface area contributed by atoms with Crippen LogP contribution < -0.4 is 21.3 Å². The van der Waals surface area contributed by atoms with Gasteiger partial charge in [0.15, 0.2) is 0 Å². The highest BCUT2D eigenvalue weighted by atomic mass is 14.9. The first-order chi connectivity index (χ1) is 15.9. The summed E-state index contributed by atoms with van der Waals surface area (Å²) in [6.45, 7) is 19.5. The standard InChI is InChI=1S/C29H56N4/c1-28(2)24-10-8-22(26(28)18-24)20-32-16-6-14-30-12-5-13-31-15-7-17-33-21-23-9-11-25-19-27(23)29(25,3)4/h22-27,30-33H,5-21H2,1-4H3/t22?,23?,24?,25?,26-,27?/m1/s1. The molecule has 4 heteroatoms. The molecule has 6 atom stereocenters. The molecular weight excluding hydrogens is 404 g/mol. The number of hydrogen-bond acceptors (Lipinski definition) is 4. The summed E-state index contributed by atoms with van der Waals surface area (Å²) in [5.74, 6) is 5.89. The van der Waals surface area contributed by atoms with E-state index in [2.05, 4.69) is 49.0 Å². The Morgan fingerprint density at radius 1 is 0.515 bits per heavy atom. The zero-order valence-corrected chi connectivity index (χ0v) is 22.5. The van der Waals surface area contributed by atoms with Crippen molar-refractivity contribution in [2.75, 3.05) is 52.4 Å². The van der Waals surface area contributed by atoms with Crippen molar-refractivity contribution >= 4 is 0 Å². The van der Waals surface area contributed by atoms with Crippen LogP contribution in [-0.4, -0.2) is 52.4 Å². The molecule has 4 bridgehead atoms. The summed E-state index contributed by atoms with van der Waals surface area (Å²) in [6.07, 6.45) is 12.6. The monoisotopic (exact) mass is 460 g/mol. The Bertz CT molecular complexity index is 534. The second-order valence-electron chi connectivity index (χ2n) is 13.4. The summed E-state index contributed by atoms with van der Waals surface area (Å²) in [5.41, 5.74) is 1.26. The molecule has 6 saturated carbocycles. The zero-order chi connectivity index (χ0) is 23.3. The van der Waals surface area contributed by atoms with Crippen molar-refractivity contribution in [2.45, 2.75) is 85.5 Å². The summed E-state index contributed by atoms with van der Waals surface area (Å²) in [7, 11) is 0. The van der Waals surface area contributed by atoms with Crippen molar-refractivity contribution in [2.24, 2.45) is 46.3 Å². The highest BCUT2D eigenvalue weighted by molar-refractivity contribution is 5.04. The van der Waals surface area contributed by atoms with Gasteiger partial charge in [-0.3, -0.25) is 0 Å². The highest BCUT2D eigenvalue weighted by Crippen LogP contribution is 2.62. The topological polar surface area (TPSA) is 48.1 Å². The maximum absolute atomic E-state index is 3.75. The minimum Gasteiger partial charge on any atom is -0.317 e. The van der Waals surface area contributed by atoms with Crippen LogP contribution in [0.2, 0.25) is 0 Å². The van der Waals surface area contributed by atoms with Crippen LogP contribution in [0.5, 0.6) is 0 Å². The van der Waals surface area contributed by atoms with Crippen LogP contribution in [-0.2, 0) is 0 Å². The largest absolute Gasteiger partial charge is 0.317 e. The van der Waals surface area contributed by atoms with Gasteiger partial charge >= 0.3 is 0 Å². The van der Waals surface area contributed by atoms with E-state index < -0.39 is 0 Å². The normalized spacial score (nSPS) is 35.6. The molecule has 33 heavy (non-hydrogen) atoms. The fourth-order valence-corrected chi connectivity index (χ4v) is 8.25. The molecule has 6 rings (SSSR count). The molecule has 0 radical (unpaired) electrons.